The molecule has 1 rings (SSSR count). The standard InChI is InChI=1S/C8H7Cl3N2O2/c1-2-15-6(14)5-3-12-7(13-4-5)8(9,10)11/h3-4H,2H2,1H3. The second-order valence-electron chi connectivity index (χ2n) is 2.51. The molecule has 1 heterocycles. The summed E-state index contributed by atoms with van der Waals surface area (Å²) >= 11 is 16.6. The molecule has 0 aromatic carbocycles. The molecule has 0 N–H and O–H groups in total. The summed E-state index contributed by atoms with van der Waals surface area (Å²) in [5, 5.41) is 0. The lowest BCUT2D eigenvalue weighted by Crippen LogP contribution is -2.10. The predicted octanol–water partition coefficient (Wildman–Crippen LogP) is 2.48. The van der Waals surface area contributed by atoms with Crippen LogP contribution in [0.4, 0.5) is 0 Å². The average Bonchev–Trinajstić information content (AvgIpc) is 2.17. The number of esters is 1. The van der Waals surface area contributed by atoms with Gasteiger partial charge in [0, 0.05) is 12.4 Å². The third-order valence-corrected chi connectivity index (χ3v) is 1.92. The maximum absolute atomic E-state index is 11.2. The van der Waals surface area contributed by atoms with Gasteiger partial charge in [-0.1, -0.05) is 34.8 Å². The number of nitrogens with zero attached hydrogens (tertiary/aromatic N) is 2. The molecule has 0 fully saturated rings. The molecule has 0 saturated carbocycles. The largest absolute Gasteiger partial charge is 0.462 e. The van der Waals surface area contributed by atoms with E-state index in [1.54, 1.807) is 6.92 Å². The van der Waals surface area contributed by atoms with Crippen molar-refractivity contribution in [2.75, 3.05) is 6.61 Å². The smallest absolute Gasteiger partial charge is 0.341 e. The molecule has 0 spiro atoms. The van der Waals surface area contributed by atoms with Crippen LogP contribution >= 0.6 is 34.8 Å². The third-order valence-electron chi connectivity index (χ3n) is 1.42. The van der Waals surface area contributed by atoms with Gasteiger partial charge in [0.1, 0.15) is 0 Å². The molecule has 0 unspecified atom stereocenters. The Kier molecular flexibility index (Phi) is 4.13. The molecule has 15 heavy (non-hydrogen) atoms. The lowest BCUT2D eigenvalue weighted by atomic mass is 10.3. The number of rotatable bonds is 2. The highest BCUT2D eigenvalue weighted by atomic mass is 35.6. The number of ether oxygens (including phenoxy) is 1. The van der Waals surface area contributed by atoms with Crippen LogP contribution in [-0.4, -0.2) is 22.5 Å². The fourth-order valence-electron chi connectivity index (χ4n) is 0.794. The van der Waals surface area contributed by atoms with Gasteiger partial charge in [-0.3, -0.25) is 0 Å². The maximum atomic E-state index is 11.2. The average molecular weight is 270 g/mol. The van der Waals surface area contributed by atoms with E-state index in [2.05, 4.69) is 9.97 Å². The summed E-state index contributed by atoms with van der Waals surface area (Å²) in [5.41, 5.74) is 0.217. The Morgan fingerprint density at radius 2 is 1.93 bits per heavy atom. The Labute approximate surface area is 102 Å². The van der Waals surface area contributed by atoms with Crippen molar-refractivity contribution in [3.05, 3.63) is 23.8 Å². The van der Waals surface area contributed by atoms with Crippen molar-refractivity contribution in [1.29, 1.82) is 0 Å². The molecular formula is C8H7Cl3N2O2. The number of hydrogen-bond donors (Lipinski definition) is 0. The van der Waals surface area contributed by atoms with E-state index < -0.39 is 9.76 Å². The highest BCUT2D eigenvalue weighted by Gasteiger charge is 2.26. The van der Waals surface area contributed by atoms with Crippen molar-refractivity contribution >= 4 is 40.8 Å². The van der Waals surface area contributed by atoms with Gasteiger partial charge in [-0.2, -0.15) is 0 Å². The molecule has 0 aliphatic carbocycles. The lowest BCUT2D eigenvalue weighted by Gasteiger charge is -2.08. The van der Waals surface area contributed by atoms with Gasteiger partial charge in [0.2, 0.25) is 3.79 Å². The van der Waals surface area contributed by atoms with Crippen molar-refractivity contribution in [2.45, 2.75) is 10.7 Å². The van der Waals surface area contributed by atoms with Crippen LogP contribution in [0.2, 0.25) is 0 Å². The van der Waals surface area contributed by atoms with Gasteiger partial charge in [0.05, 0.1) is 12.2 Å². The van der Waals surface area contributed by atoms with Crippen molar-refractivity contribution < 1.29 is 9.53 Å². The number of halogens is 3. The van der Waals surface area contributed by atoms with Crippen LogP contribution in [0.3, 0.4) is 0 Å². The van der Waals surface area contributed by atoms with Gasteiger partial charge in [0.15, 0.2) is 5.82 Å². The summed E-state index contributed by atoms with van der Waals surface area (Å²) in [4.78, 5) is 18.7. The number of aromatic nitrogens is 2. The van der Waals surface area contributed by atoms with Gasteiger partial charge in [-0.05, 0) is 6.92 Å². The van der Waals surface area contributed by atoms with Crippen LogP contribution < -0.4 is 0 Å². The van der Waals surface area contributed by atoms with Crippen molar-refractivity contribution in [2.24, 2.45) is 0 Å². The molecule has 1 aromatic rings. The first-order chi connectivity index (χ1) is 6.95. The number of alkyl halides is 3. The normalized spacial score (nSPS) is 11.2. The Morgan fingerprint density at radius 3 is 2.33 bits per heavy atom. The highest BCUT2D eigenvalue weighted by Crippen LogP contribution is 2.35. The lowest BCUT2D eigenvalue weighted by molar-refractivity contribution is 0.0525. The van der Waals surface area contributed by atoms with Crippen LogP contribution in [0.5, 0.6) is 0 Å². The van der Waals surface area contributed by atoms with E-state index in [1.807, 2.05) is 0 Å². The van der Waals surface area contributed by atoms with E-state index in [-0.39, 0.29) is 18.0 Å². The molecule has 0 aliphatic heterocycles. The van der Waals surface area contributed by atoms with Crippen LogP contribution in [0.15, 0.2) is 12.4 Å². The molecule has 0 aliphatic rings. The minimum atomic E-state index is -1.69. The second kappa shape index (κ2) is 4.96. The topological polar surface area (TPSA) is 52.1 Å². The van der Waals surface area contributed by atoms with Gasteiger partial charge >= 0.3 is 5.97 Å². The van der Waals surface area contributed by atoms with E-state index in [9.17, 15) is 4.79 Å². The maximum Gasteiger partial charge on any atom is 0.341 e. The first-order valence-electron chi connectivity index (χ1n) is 4.01. The zero-order chi connectivity index (χ0) is 11.5. The quantitative estimate of drug-likeness (QED) is 0.611. The second-order valence-corrected chi connectivity index (χ2v) is 4.79. The fraction of sp³-hybridized carbons (Fsp3) is 0.375. The fourth-order valence-corrected chi connectivity index (χ4v) is 1.09. The minimum Gasteiger partial charge on any atom is -0.462 e. The van der Waals surface area contributed by atoms with Crippen molar-refractivity contribution in [1.82, 2.24) is 9.97 Å². The zero-order valence-corrected chi connectivity index (χ0v) is 9.97. The molecule has 0 saturated heterocycles. The van der Waals surface area contributed by atoms with Gasteiger partial charge in [-0.15, -0.1) is 0 Å². The Morgan fingerprint density at radius 1 is 1.40 bits per heavy atom. The number of hydrogen-bond acceptors (Lipinski definition) is 4. The van der Waals surface area contributed by atoms with Crippen LogP contribution in [0.25, 0.3) is 0 Å². The SMILES string of the molecule is CCOC(=O)c1cnc(C(Cl)(Cl)Cl)nc1. The van der Waals surface area contributed by atoms with E-state index in [0.717, 1.165) is 0 Å². The molecule has 82 valence electrons. The predicted molar refractivity (Wildman–Crippen MR) is 57.2 cm³/mol. The zero-order valence-electron chi connectivity index (χ0n) is 7.71. The molecule has 4 nitrogen and oxygen atoms in total. The summed E-state index contributed by atoms with van der Waals surface area (Å²) in [6.07, 6.45) is 2.50. The van der Waals surface area contributed by atoms with Crippen LogP contribution in [0, 0.1) is 0 Å². The van der Waals surface area contributed by atoms with Crippen LogP contribution in [0.1, 0.15) is 23.1 Å². The summed E-state index contributed by atoms with van der Waals surface area (Å²) < 4.78 is 3.05. The van der Waals surface area contributed by atoms with E-state index in [1.165, 1.54) is 12.4 Å². The van der Waals surface area contributed by atoms with E-state index in [0.29, 0.717) is 0 Å². The first-order valence-corrected chi connectivity index (χ1v) is 5.15. The summed E-state index contributed by atoms with van der Waals surface area (Å²) in [6.45, 7) is 1.99. The monoisotopic (exact) mass is 268 g/mol. The molecule has 1 aromatic heterocycles. The molecule has 0 radical (unpaired) electrons. The summed E-state index contributed by atoms with van der Waals surface area (Å²) in [7, 11) is 0. The molecular weight excluding hydrogens is 262 g/mol. The Bertz CT molecular complexity index is 348. The Balaban J connectivity index is 2.86. The van der Waals surface area contributed by atoms with Gasteiger partial charge < -0.3 is 4.74 Å². The van der Waals surface area contributed by atoms with Gasteiger partial charge in [0.25, 0.3) is 0 Å². The minimum absolute atomic E-state index is 0.0144. The molecule has 0 amide bonds. The number of carbonyl (C=O) groups is 1. The Hall–Kier alpha value is -0.580. The summed E-state index contributed by atoms with van der Waals surface area (Å²) in [5.74, 6) is -0.492. The number of carbonyl (C=O) groups excluding carboxylic acids is 1. The highest BCUT2D eigenvalue weighted by molar-refractivity contribution is 6.66. The van der Waals surface area contributed by atoms with E-state index in [4.69, 9.17) is 39.5 Å². The molecule has 7 heteroatoms. The molecule has 0 atom stereocenters. The first kappa shape index (κ1) is 12.5. The van der Waals surface area contributed by atoms with Crippen molar-refractivity contribution in [3.8, 4) is 0 Å². The van der Waals surface area contributed by atoms with Crippen molar-refractivity contribution in [3.63, 3.8) is 0 Å². The third kappa shape index (κ3) is 3.48. The van der Waals surface area contributed by atoms with E-state index >= 15 is 0 Å². The van der Waals surface area contributed by atoms with Crippen LogP contribution in [-0.2, 0) is 8.53 Å². The summed E-state index contributed by atoms with van der Waals surface area (Å²) in [6, 6.07) is 0. The molecule has 0 bridgehead atoms. The van der Waals surface area contributed by atoms with Gasteiger partial charge in [-0.25, -0.2) is 14.8 Å².